The molecule has 0 saturated carbocycles. The molecule has 1 saturated heterocycles. The van der Waals surface area contributed by atoms with Crippen LogP contribution in [0.3, 0.4) is 0 Å². The van der Waals surface area contributed by atoms with Gasteiger partial charge in [-0.1, -0.05) is 68.7 Å². The molecule has 0 aliphatic carbocycles. The van der Waals surface area contributed by atoms with Gasteiger partial charge in [-0.25, -0.2) is 0 Å². The van der Waals surface area contributed by atoms with E-state index in [0.717, 1.165) is 6.42 Å². The van der Waals surface area contributed by atoms with Crippen LogP contribution >= 0.6 is 0 Å². The monoisotopic (exact) mass is 256 g/mol. The molecular weight excluding hydrogens is 224 g/mol. The van der Waals surface area contributed by atoms with Gasteiger partial charge in [0.25, 0.3) is 0 Å². The van der Waals surface area contributed by atoms with Crippen molar-refractivity contribution in [3.05, 3.63) is 0 Å². The van der Waals surface area contributed by atoms with Crippen LogP contribution in [-0.4, -0.2) is 5.79 Å². The van der Waals surface area contributed by atoms with E-state index in [0.29, 0.717) is 5.92 Å². The molecule has 1 rings (SSSR count). The van der Waals surface area contributed by atoms with Gasteiger partial charge in [-0.15, -0.1) is 0 Å². The zero-order valence-electron chi connectivity index (χ0n) is 13.8. The van der Waals surface area contributed by atoms with E-state index < -0.39 is 5.79 Å². The lowest BCUT2D eigenvalue weighted by Crippen LogP contribution is -2.52. The quantitative estimate of drug-likeness (QED) is 0.511. The first-order valence-electron chi connectivity index (χ1n) is 7.24. The van der Waals surface area contributed by atoms with Crippen LogP contribution in [0.4, 0.5) is 0 Å². The highest BCUT2D eigenvalue weighted by Gasteiger charge is 2.71. The lowest BCUT2D eigenvalue weighted by atomic mass is 9.55. The molecule has 1 atom stereocenters. The fourth-order valence-corrected chi connectivity index (χ4v) is 2.91. The topological polar surface area (TPSA) is 25.1 Å². The molecule has 2 nitrogen and oxygen atoms in total. The summed E-state index contributed by atoms with van der Waals surface area (Å²) in [6.45, 7) is 20.4. The first-order chi connectivity index (χ1) is 7.87. The third-order valence-electron chi connectivity index (χ3n) is 4.84. The van der Waals surface area contributed by atoms with Gasteiger partial charge in [0.1, 0.15) is 0 Å². The Morgan fingerprint density at radius 1 is 0.889 bits per heavy atom. The summed E-state index contributed by atoms with van der Waals surface area (Å²) >= 11 is 0. The van der Waals surface area contributed by atoms with Crippen molar-refractivity contribution in [1.29, 1.82) is 0 Å². The third-order valence-corrected chi connectivity index (χ3v) is 4.84. The number of hydrogen-bond donors (Lipinski definition) is 0. The van der Waals surface area contributed by atoms with Crippen LogP contribution in [0.15, 0.2) is 0 Å². The normalized spacial score (nSPS) is 23.0. The molecule has 0 bridgehead atoms. The average molecular weight is 256 g/mol. The van der Waals surface area contributed by atoms with Gasteiger partial charge in [-0.05, 0) is 17.8 Å². The van der Waals surface area contributed by atoms with Crippen molar-refractivity contribution in [2.45, 2.75) is 80.9 Å². The van der Waals surface area contributed by atoms with Crippen molar-refractivity contribution >= 4 is 0 Å². The minimum absolute atomic E-state index is 0.00793. The van der Waals surface area contributed by atoms with Crippen LogP contribution in [0, 0.1) is 22.2 Å². The van der Waals surface area contributed by atoms with E-state index in [9.17, 15) is 0 Å². The fraction of sp³-hybridized carbons (Fsp3) is 1.00. The molecule has 108 valence electrons. The molecule has 0 spiro atoms. The minimum atomic E-state index is -0.437. The minimum Gasteiger partial charge on any atom is -0.194 e. The molecule has 0 amide bonds. The first kappa shape index (κ1) is 16.0. The molecule has 0 N–H and O–H groups in total. The van der Waals surface area contributed by atoms with Crippen LogP contribution in [0.1, 0.15) is 75.2 Å². The van der Waals surface area contributed by atoms with Gasteiger partial charge in [0.15, 0.2) is 0 Å². The lowest BCUT2D eigenvalue weighted by Gasteiger charge is -2.48. The van der Waals surface area contributed by atoms with Crippen LogP contribution < -0.4 is 0 Å². The second kappa shape index (κ2) is 4.49. The summed E-state index contributed by atoms with van der Waals surface area (Å²) in [6.07, 6.45) is 2.34. The van der Waals surface area contributed by atoms with Crippen LogP contribution in [-0.2, 0) is 9.78 Å². The average Bonchev–Trinajstić information content (AvgIpc) is 2.91. The van der Waals surface area contributed by atoms with Crippen LogP contribution in [0.5, 0.6) is 0 Å². The zero-order chi connectivity index (χ0) is 14.4. The van der Waals surface area contributed by atoms with E-state index in [-0.39, 0.29) is 16.2 Å². The molecule has 1 unspecified atom stereocenters. The molecule has 0 aromatic carbocycles. The third kappa shape index (κ3) is 2.46. The fourth-order valence-electron chi connectivity index (χ4n) is 2.91. The Hall–Kier alpha value is -0.0800. The molecular formula is C16H32O2. The molecule has 0 radical (unpaired) electrons. The zero-order valence-corrected chi connectivity index (χ0v) is 13.8. The maximum Gasteiger partial charge on any atom is 0.244 e. The van der Waals surface area contributed by atoms with Gasteiger partial charge in [0.05, 0.1) is 0 Å². The van der Waals surface area contributed by atoms with Gasteiger partial charge in [-0.3, -0.25) is 0 Å². The van der Waals surface area contributed by atoms with Gasteiger partial charge in [0.2, 0.25) is 5.79 Å². The Labute approximate surface area is 113 Å². The summed E-state index contributed by atoms with van der Waals surface area (Å²) in [5.41, 5.74) is 0.153. The Morgan fingerprint density at radius 3 is 1.56 bits per heavy atom. The standard InChI is InChI=1S/C16H32O2/c1-12(2)10-11-15(9,13(3,4)5)16(17-18-16)14(6,7)8/h12H,10-11H2,1-9H3. The summed E-state index contributed by atoms with van der Waals surface area (Å²) in [7, 11) is 0. The van der Waals surface area contributed by atoms with E-state index in [2.05, 4.69) is 62.3 Å². The molecule has 1 aliphatic rings. The van der Waals surface area contributed by atoms with Gasteiger partial charge in [-0.2, -0.15) is 9.78 Å². The summed E-state index contributed by atoms with van der Waals surface area (Å²) < 4.78 is 0. The molecule has 0 aromatic heterocycles. The highest BCUT2D eigenvalue weighted by molar-refractivity contribution is 5.06. The Morgan fingerprint density at radius 2 is 1.33 bits per heavy atom. The van der Waals surface area contributed by atoms with Gasteiger partial charge >= 0.3 is 0 Å². The second-order valence-corrected chi connectivity index (χ2v) is 8.55. The van der Waals surface area contributed by atoms with Crippen molar-refractivity contribution in [1.82, 2.24) is 0 Å². The number of rotatable bonds is 4. The molecule has 1 fully saturated rings. The van der Waals surface area contributed by atoms with Crippen molar-refractivity contribution in [3.8, 4) is 0 Å². The smallest absolute Gasteiger partial charge is 0.194 e. The van der Waals surface area contributed by atoms with E-state index in [1.165, 1.54) is 6.42 Å². The van der Waals surface area contributed by atoms with Gasteiger partial charge < -0.3 is 0 Å². The summed E-state index contributed by atoms with van der Waals surface area (Å²) in [6, 6.07) is 0. The Kier molecular flexibility index (Phi) is 3.98. The Bertz CT molecular complexity index is 289. The number of hydrogen-bond acceptors (Lipinski definition) is 2. The highest BCUT2D eigenvalue weighted by atomic mass is 17.4. The Balaban J connectivity index is 3.07. The van der Waals surface area contributed by atoms with E-state index in [1.54, 1.807) is 0 Å². The molecule has 1 aliphatic heterocycles. The van der Waals surface area contributed by atoms with Crippen molar-refractivity contribution in [3.63, 3.8) is 0 Å². The maximum absolute atomic E-state index is 5.58. The highest BCUT2D eigenvalue weighted by Crippen LogP contribution is 2.65. The van der Waals surface area contributed by atoms with Crippen molar-refractivity contribution < 1.29 is 9.78 Å². The van der Waals surface area contributed by atoms with Crippen LogP contribution in [0.2, 0.25) is 0 Å². The van der Waals surface area contributed by atoms with Gasteiger partial charge in [0, 0.05) is 10.8 Å². The summed E-state index contributed by atoms with van der Waals surface area (Å²) in [4.78, 5) is 11.2. The maximum atomic E-state index is 5.58. The van der Waals surface area contributed by atoms with E-state index in [4.69, 9.17) is 9.78 Å². The second-order valence-electron chi connectivity index (χ2n) is 8.55. The summed E-state index contributed by atoms with van der Waals surface area (Å²) in [5.74, 6) is 0.273. The van der Waals surface area contributed by atoms with Crippen LogP contribution in [0.25, 0.3) is 0 Å². The predicted molar refractivity (Wildman–Crippen MR) is 76.0 cm³/mol. The predicted octanol–water partition coefficient (Wildman–Crippen LogP) is 5.18. The van der Waals surface area contributed by atoms with Crippen molar-refractivity contribution in [2.75, 3.05) is 0 Å². The molecule has 2 heteroatoms. The van der Waals surface area contributed by atoms with Crippen molar-refractivity contribution in [2.24, 2.45) is 22.2 Å². The molecule has 1 heterocycles. The molecule has 18 heavy (non-hydrogen) atoms. The SMILES string of the molecule is CC(C)CCC(C)(C(C)(C)C)C1(C(C)(C)C)OO1. The summed E-state index contributed by atoms with van der Waals surface area (Å²) in [5, 5.41) is 0. The van der Waals surface area contributed by atoms with E-state index >= 15 is 0 Å². The lowest BCUT2D eigenvalue weighted by molar-refractivity contribution is -0.0698. The first-order valence-corrected chi connectivity index (χ1v) is 7.24. The van der Waals surface area contributed by atoms with E-state index in [1.807, 2.05) is 0 Å². The molecule has 0 aromatic rings. The largest absolute Gasteiger partial charge is 0.244 e.